The fraction of sp³-hybridized carbons (Fsp3) is 0.267. The maximum absolute atomic E-state index is 12.3. The molecule has 1 saturated heterocycles. The average Bonchev–Trinajstić information content (AvgIpc) is 2.95. The number of benzene rings is 1. The van der Waals surface area contributed by atoms with E-state index in [0.29, 0.717) is 33.1 Å². The Hall–Kier alpha value is -1.27. The lowest BCUT2D eigenvalue weighted by molar-refractivity contribution is 0.103. The molecule has 1 fully saturated rings. The predicted molar refractivity (Wildman–Crippen MR) is 91.8 cm³/mol. The molecule has 1 aromatic heterocycles. The van der Waals surface area contributed by atoms with Crippen molar-refractivity contribution in [3.63, 3.8) is 0 Å². The minimum Gasteiger partial charge on any atom is -0.378 e. The Bertz CT molecular complexity index is 684. The van der Waals surface area contributed by atoms with Gasteiger partial charge >= 0.3 is 0 Å². The number of hydrogen-bond acceptors (Lipinski definition) is 4. The van der Waals surface area contributed by atoms with Crippen LogP contribution < -0.4 is 10.2 Å². The molecule has 0 spiro atoms. The zero-order chi connectivity index (χ0) is 15.5. The van der Waals surface area contributed by atoms with Gasteiger partial charge in [0, 0.05) is 13.1 Å². The van der Waals surface area contributed by atoms with Crippen LogP contribution in [0.2, 0.25) is 9.36 Å². The van der Waals surface area contributed by atoms with E-state index < -0.39 is 0 Å². The monoisotopic (exact) mass is 356 g/mol. The summed E-state index contributed by atoms with van der Waals surface area (Å²) in [6, 6.07) is 8.92. The highest BCUT2D eigenvalue weighted by atomic mass is 35.5. The number of para-hydroxylation sites is 1. The molecule has 0 bridgehead atoms. The Morgan fingerprint density at radius 3 is 2.64 bits per heavy atom. The first-order chi connectivity index (χ1) is 10.6. The quantitative estimate of drug-likeness (QED) is 0.898. The van der Waals surface area contributed by atoms with Crippen molar-refractivity contribution in [3.8, 4) is 0 Å². The fourth-order valence-electron chi connectivity index (χ4n) is 2.34. The molecule has 0 unspecified atom stereocenters. The van der Waals surface area contributed by atoms with Crippen LogP contribution in [0.15, 0.2) is 30.3 Å². The van der Waals surface area contributed by atoms with Crippen LogP contribution in [0.25, 0.3) is 0 Å². The molecule has 4 nitrogen and oxygen atoms in total. The second-order valence-corrected chi connectivity index (χ2v) is 6.92. The van der Waals surface area contributed by atoms with E-state index in [-0.39, 0.29) is 5.91 Å². The molecule has 1 aromatic carbocycles. The standard InChI is InChI=1S/C15H14Cl2N2O2S/c16-10-2-1-3-11(14(10)19-6-8-21-9-7-19)18-15(20)12-4-5-13(17)22-12/h1-5H,6-9H2,(H,18,20). The number of morpholine rings is 1. The molecular weight excluding hydrogens is 343 g/mol. The second kappa shape index (κ2) is 6.87. The van der Waals surface area contributed by atoms with Gasteiger partial charge in [-0.3, -0.25) is 4.79 Å². The Balaban J connectivity index is 1.86. The van der Waals surface area contributed by atoms with Gasteiger partial charge in [0.15, 0.2) is 0 Å². The van der Waals surface area contributed by atoms with E-state index in [9.17, 15) is 4.79 Å². The molecule has 2 aromatic rings. The minimum atomic E-state index is -0.186. The number of halogens is 2. The van der Waals surface area contributed by atoms with E-state index in [1.807, 2.05) is 18.2 Å². The first-order valence-electron chi connectivity index (χ1n) is 6.83. The Morgan fingerprint density at radius 2 is 1.95 bits per heavy atom. The number of carbonyl (C=O) groups is 1. The molecule has 3 rings (SSSR count). The van der Waals surface area contributed by atoms with Gasteiger partial charge in [0.2, 0.25) is 0 Å². The van der Waals surface area contributed by atoms with E-state index in [4.69, 9.17) is 27.9 Å². The zero-order valence-electron chi connectivity index (χ0n) is 11.6. The normalized spacial score (nSPS) is 14.9. The van der Waals surface area contributed by atoms with Crippen molar-refractivity contribution in [1.82, 2.24) is 0 Å². The van der Waals surface area contributed by atoms with Gasteiger partial charge in [-0.05, 0) is 24.3 Å². The average molecular weight is 357 g/mol. The van der Waals surface area contributed by atoms with Gasteiger partial charge in [-0.1, -0.05) is 29.3 Å². The summed E-state index contributed by atoms with van der Waals surface area (Å²) in [6.07, 6.45) is 0. The Kier molecular flexibility index (Phi) is 4.88. The van der Waals surface area contributed by atoms with Crippen molar-refractivity contribution in [3.05, 3.63) is 44.6 Å². The van der Waals surface area contributed by atoms with Gasteiger partial charge in [0.1, 0.15) is 0 Å². The number of nitrogens with one attached hydrogen (secondary N) is 1. The maximum atomic E-state index is 12.3. The number of thiophene rings is 1. The second-order valence-electron chi connectivity index (χ2n) is 4.79. The summed E-state index contributed by atoms with van der Waals surface area (Å²) < 4.78 is 5.96. The third-order valence-corrected chi connectivity index (χ3v) is 4.89. The van der Waals surface area contributed by atoms with E-state index in [0.717, 1.165) is 18.8 Å². The van der Waals surface area contributed by atoms with Gasteiger partial charge < -0.3 is 15.0 Å². The number of ether oxygens (including phenoxy) is 1. The van der Waals surface area contributed by atoms with Crippen molar-refractivity contribution >= 4 is 51.8 Å². The SMILES string of the molecule is O=C(Nc1cccc(Cl)c1N1CCOCC1)c1ccc(Cl)s1. The molecule has 1 aliphatic rings. The van der Waals surface area contributed by atoms with Crippen LogP contribution in [0.1, 0.15) is 9.67 Å². The highest BCUT2D eigenvalue weighted by Gasteiger charge is 2.19. The molecular formula is C15H14Cl2N2O2S. The molecule has 0 radical (unpaired) electrons. The third kappa shape index (κ3) is 3.38. The van der Waals surface area contributed by atoms with Crippen molar-refractivity contribution < 1.29 is 9.53 Å². The van der Waals surface area contributed by atoms with Crippen LogP contribution in [-0.4, -0.2) is 32.2 Å². The lowest BCUT2D eigenvalue weighted by atomic mass is 10.2. The highest BCUT2D eigenvalue weighted by molar-refractivity contribution is 7.18. The van der Waals surface area contributed by atoms with Crippen molar-refractivity contribution in [2.24, 2.45) is 0 Å². The molecule has 0 atom stereocenters. The third-order valence-electron chi connectivity index (χ3n) is 3.36. The molecule has 116 valence electrons. The number of carbonyl (C=O) groups excluding carboxylic acids is 1. The highest BCUT2D eigenvalue weighted by Crippen LogP contribution is 2.35. The van der Waals surface area contributed by atoms with E-state index in [1.165, 1.54) is 11.3 Å². The molecule has 1 aliphatic heterocycles. The van der Waals surface area contributed by atoms with Crippen molar-refractivity contribution in [1.29, 1.82) is 0 Å². The molecule has 0 aliphatic carbocycles. The minimum absolute atomic E-state index is 0.186. The van der Waals surface area contributed by atoms with Crippen LogP contribution >= 0.6 is 34.5 Å². The smallest absolute Gasteiger partial charge is 0.265 e. The van der Waals surface area contributed by atoms with Gasteiger partial charge in [-0.15, -0.1) is 11.3 Å². The number of amides is 1. The van der Waals surface area contributed by atoms with Gasteiger partial charge in [0.25, 0.3) is 5.91 Å². The van der Waals surface area contributed by atoms with Crippen LogP contribution in [0, 0.1) is 0 Å². The summed E-state index contributed by atoms with van der Waals surface area (Å²) in [6.45, 7) is 2.80. The molecule has 2 heterocycles. The zero-order valence-corrected chi connectivity index (χ0v) is 14.0. The lowest BCUT2D eigenvalue weighted by Gasteiger charge is -2.31. The summed E-state index contributed by atoms with van der Waals surface area (Å²) >= 11 is 13.5. The Morgan fingerprint density at radius 1 is 1.18 bits per heavy atom. The molecule has 7 heteroatoms. The van der Waals surface area contributed by atoms with Crippen molar-refractivity contribution in [2.45, 2.75) is 0 Å². The maximum Gasteiger partial charge on any atom is 0.265 e. The molecule has 0 saturated carbocycles. The number of nitrogens with zero attached hydrogens (tertiary/aromatic N) is 1. The molecule has 1 amide bonds. The molecule has 1 N–H and O–H groups in total. The van der Waals surface area contributed by atoms with Gasteiger partial charge in [-0.25, -0.2) is 0 Å². The van der Waals surface area contributed by atoms with Gasteiger partial charge in [0.05, 0.1) is 38.8 Å². The van der Waals surface area contributed by atoms with Gasteiger partial charge in [-0.2, -0.15) is 0 Å². The topological polar surface area (TPSA) is 41.6 Å². The number of anilines is 2. The summed E-state index contributed by atoms with van der Waals surface area (Å²) in [5.41, 5.74) is 1.53. The predicted octanol–water partition coefficient (Wildman–Crippen LogP) is 4.14. The van der Waals surface area contributed by atoms with E-state index >= 15 is 0 Å². The van der Waals surface area contributed by atoms with Crippen LogP contribution in [0.5, 0.6) is 0 Å². The van der Waals surface area contributed by atoms with Crippen LogP contribution in [0.3, 0.4) is 0 Å². The largest absolute Gasteiger partial charge is 0.378 e. The summed E-state index contributed by atoms with van der Waals surface area (Å²) in [7, 11) is 0. The summed E-state index contributed by atoms with van der Waals surface area (Å²) in [5.74, 6) is -0.186. The molecule has 22 heavy (non-hydrogen) atoms. The number of hydrogen-bond donors (Lipinski definition) is 1. The number of rotatable bonds is 3. The lowest BCUT2D eigenvalue weighted by Crippen LogP contribution is -2.37. The van der Waals surface area contributed by atoms with Crippen molar-refractivity contribution in [2.75, 3.05) is 36.5 Å². The summed E-state index contributed by atoms with van der Waals surface area (Å²) in [5, 5.41) is 3.54. The first kappa shape index (κ1) is 15.6. The van der Waals surface area contributed by atoms with Crippen LogP contribution in [0.4, 0.5) is 11.4 Å². The van der Waals surface area contributed by atoms with E-state index in [2.05, 4.69) is 10.2 Å². The van der Waals surface area contributed by atoms with Crippen LogP contribution in [-0.2, 0) is 4.74 Å². The fourth-order valence-corrected chi connectivity index (χ4v) is 3.58. The Labute approximate surface area is 142 Å². The van der Waals surface area contributed by atoms with E-state index in [1.54, 1.807) is 12.1 Å². The first-order valence-corrected chi connectivity index (χ1v) is 8.40. The summed E-state index contributed by atoms with van der Waals surface area (Å²) in [4.78, 5) is 15.0.